The minimum atomic E-state index is -0.230. The van der Waals surface area contributed by atoms with Gasteiger partial charge in [0.1, 0.15) is 5.82 Å². The van der Waals surface area contributed by atoms with Crippen LogP contribution in [0.25, 0.3) is 0 Å². The summed E-state index contributed by atoms with van der Waals surface area (Å²) in [5.74, 6) is 1.62. The van der Waals surface area contributed by atoms with Crippen molar-refractivity contribution in [2.45, 2.75) is 24.1 Å². The molecule has 0 fully saturated rings. The lowest BCUT2D eigenvalue weighted by Crippen LogP contribution is -2.11. The SMILES string of the molecule is CCNCc1nc(CSc2ccc(F)cc2)no1. The van der Waals surface area contributed by atoms with E-state index < -0.39 is 0 Å². The third-order valence-electron chi connectivity index (χ3n) is 2.22. The van der Waals surface area contributed by atoms with Crippen LogP contribution >= 0.6 is 11.8 Å². The highest BCUT2D eigenvalue weighted by Gasteiger charge is 2.06. The van der Waals surface area contributed by atoms with E-state index in [-0.39, 0.29) is 5.82 Å². The number of hydrogen-bond acceptors (Lipinski definition) is 5. The molecule has 0 bridgehead atoms. The van der Waals surface area contributed by atoms with Crippen LogP contribution in [0.1, 0.15) is 18.6 Å². The molecule has 6 heteroatoms. The summed E-state index contributed by atoms with van der Waals surface area (Å²) < 4.78 is 17.8. The fourth-order valence-corrected chi connectivity index (χ4v) is 2.07. The first-order valence-corrected chi connectivity index (χ1v) is 6.67. The minimum absolute atomic E-state index is 0.230. The molecule has 1 N–H and O–H groups in total. The highest BCUT2D eigenvalue weighted by atomic mass is 32.2. The van der Waals surface area contributed by atoms with E-state index in [0.717, 1.165) is 11.4 Å². The van der Waals surface area contributed by atoms with Crippen molar-refractivity contribution in [2.24, 2.45) is 0 Å². The van der Waals surface area contributed by atoms with Gasteiger partial charge in [-0.25, -0.2) is 4.39 Å². The van der Waals surface area contributed by atoms with Gasteiger partial charge in [0.25, 0.3) is 0 Å². The maximum absolute atomic E-state index is 12.7. The summed E-state index contributed by atoms with van der Waals surface area (Å²) in [5, 5.41) is 6.99. The molecule has 18 heavy (non-hydrogen) atoms. The van der Waals surface area contributed by atoms with Crippen LogP contribution < -0.4 is 5.32 Å². The van der Waals surface area contributed by atoms with Gasteiger partial charge >= 0.3 is 0 Å². The predicted molar refractivity (Wildman–Crippen MR) is 67.6 cm³/mol. The quantitative estimate of drug-likeness (QED) is 0.815. The van der Waals surface area contributed by atoms with E-state index in [4.69, 9.17) is 4.52 Å². The summed E-state index contributed by atoms with van der Waals surface area (Å²) in [6.45, 7) is 3.47. The average Bonchev–Trinajstić information content (AvgIpc) is 2.84. The number of thioether (sulfide) groups is 1. The van der Waals surface area contributed by atoms with Crippen LogP contribution in [0.5, 0.6) is 0 Å². The van der Waals surface area contributed by atoms with Gasteiger partial charge in [0.15, 0.2) is 5.82 Å². The third kappa shape index (κ3) is 3.82. The Morgan fingerprint density at radius 3 is 2.83 bits per heavy atom. The molecule has 0 saturated heterocycles. The van der Waals surface area contributed by atoms with E-state index in [2.05, 4.69) is 15.5 Å². The van der Waals surface area contributed by atoms with E-state index >= 15 is 0 Å². The molecule has 0 aliphatic carbocycles. The maximum Gasteiger partial charge on any atom is 0.240 e. The van der Waals surface area contributed by atoms with Crippen molar-refractivity contribution in [3.05, 3.63) is 41.8 Å². The summed E-state index contributed by atoms with van der Waals surface area (Å²) in [6, 6.07) is 6.35. The second-order valence-electron chi connectivity index (χ2n) is 3.63. The average molecular weight is 267 g/mol. The molecule has 1 heterocycles. The Balaban J connectivity index is 1.86. The molecular formula is C12H14FN3OS. The summed E-state index contributed by atoms with van der Waals surface area (Å²) in [5.41, 5.74) is 0. The first kappa shape index (κ1) is 13.0. The van der Waals surface area contributed by atoms with Crippen LogP contribution in [0.15, 0.2) is 33.7 Å². The van der Waals surface area contributed by atoms with Gasteiger partial charge in [-0.1, -0.05) is 12.1 Å². The molecule has 2 rings (SSSR count). The zero-order chi connectivity index (χ0) is 12.8. The molecule has 0 radical (unpaired) electrons. The number of benzene rings is 1. The van der Waals surface area contributed by atoms with Gasteiger partial charge in [-0.15, -0.1) is 11.8 Å². The third-order valence-corrected chi connectivity index (χ3v) is 3.23. The standard InChI is InChI=1S/C12H14FN3OS/c1-2-14-7-12-15-11(16-17-12)8-18-10-5-3-9(13)4-6-10/h3-6,14H,2,7-8H2,1H3. The van der Waals surface area contributed by atoms with E-state index in [0.29, 0.717) is 24.0 Å². The van der Waals surface area contributed by atoms with Gasteiger partial charge in [0, 0.05) is 4.90 Å². The minimum Gasteiger partial charge on any atom is -0.338 e. The van der Waals surface area contributed by atoms with Crippen LogP contribution in [0.2, 0.25) is 0 Å². The van der Waals surface area contributed by atoms with Crippen LogP contribution in [0, 0.1) is 5.82 Å². The van der Waals surface area contributed by atoms with Gasteiger partial charge in [-0.3, -0.25) is 0 Å². The molecular weight excluding hydrogens is 253 g/mol. The zero-order valence-electron chi connectivity index (χ0n) is 10.0. The molecule has 96 valence electrons. The Morgan fingerprint density at radius 2 is 2.11 bits per heavy atom. The Kier molecular flexibility index (Phi) is 4.72. The van der Waals surface area contributed by atoms with Crippen LogP contribution in [-0.4, -0.2) is 16.7 Å². The van der Waals surface area contributed by atoms with E-state index in [1.165, 1.54) is 12.1 Å². The lowest BCUT2D eigenvalue weighted by atomic mass is 10.4. The molecule has 0 amide bonds. The molecule has 0 spiro atoms. The smallest absolute Gasteiger partial charge is 0.240 e. The van der Waals surface area contributed by atoms with E-state index in [1.54, 1.807) is 23.9 Å². The van der Waals surface area contributed by atoms with Crippen LogP contribution in [-0.2, 0) is 12.3 Å². The lowest BCUT2D eigenvalue weighted by Gasteiger charge is -1.97. The monoisotopic (exact) mass is 267 g/mol. The Morgan fingerprint density at radius 1 is 1.33 bits per heavy atom. The highest BCUT2D eigenvalue weighted by molar-refractivity contribution is 7.98. The fraction of sp³-hybridized carbons (Fsp3) is 0.333. The number of nitrogens with zero attached hydrogens (tertiary/aromatic N) is 2. The molecule has 4 nitrogen and oxygen atoms in total. The first-order valence-electron chi connectivity index (χ1n) is 5.68. The maximum atomic E-state index is 12.7. The zero-order valence-corrected chi connectivity index (χ0v) is 10.8. The van der Waals surface area contributed by atoms with Gasteiger partial charge in [0.2, 0.25) is 5.89 Å². The van der Waals surface area contributed by atoms with Crippen molar-refractivity contribution in [1.29, 1.82) is 0 Å². The topological polar surface area (TPSA) is 51.0 Å². The van der Waals surface area contributed by atoms with Crippen molar-refractivity contribution in [3.63, 3.8) is 0 Å². The van der Waals surface area contributed by atoms with Crippen molar-refractivity contribution >= 4 is 11.8 Å². The molecule has 0 aliphatic rings. The molecule has 2 aromatic rings. The van der Waals surface area contributed by atoms with Crippen molar-refractivity contribution in [3.8, 4) is 0 Å². The van der Waals surface area contributed by atoms with E-state index in [1.807, 2.05) is 6.92 Å². The summed E-state index contributed by atoms with van der Waals surface area (Å²) in [7, 11) is 0. The molecule has 0 aliphatic heterocycles. The van der Waals surface area contributed by atoms with Gasteiger partial charge < -0.3 is 9.84 Å². The van der Waals surface area contributed by atoms with Crippen molar-refractivity contribution < 1.29 is 8.91 Å². The highest BCUT2D eigenvalue weighted by Crippen LogP contribution is 2.21. The summed E-state index contributed by atoms with van der Waals surface area (Å²) in [6.07, 6.45) is 0. The van der Waals surface area contributed by atoms with Crippen LogP contribution in [0.3, 0.4) is 0 Å². The summed E-state index contributed by atoms with van der Waals surface area (Å²) in [4.78, 5) is 5.23. The molecule has 0 saturated carbocycles. The summed E-state index contributed by atoms with van der Waals surface area (Å²) >= 11 is 1.55. The molecule has 0 atom stereocenters. The van der Waals surface area contributed by atoms with Gasteiger partial charge in [0.05, 0.1) is 12.3 Å². The van der Waals surface area contributed by atoms with Crippen molar-refractivity contribution in [1.82, 2.24) is 15.5 Å². The number of aromatic nitrogens is 2. The number of nitrogens with one attached hydrogen (secondary N) is 1. The van der Waals surface area contributed by atoms with Gasteiger partial charge in [-0.05, 0) is 30.8 Å². The normalized spacial score (nSPS) is 10.8. The fourth-order valence-electron chi connectivity index (χ4n) is 1.33. The second-order valence-corrected chi connectivity index (χ2v) is 4.68. The largest absolute Gasteiger partial charge is 0.338 e. The van der Waals surface area contributed by atoms with Gasteiger partial charge in [-0.2, -0.15) is 4.98 Å². The number of rotatable bonds is 6. The number of halogens is 1. The lowest BCUT2D eigenvalue weighted by molar-refractivity contribution is 0.365. The Hall–Kier alpha value is -1.40. The predicted octanol–water partition coefficient (Wildman–Crippen LogP) is 2.61. The molecule has 0 unspecified atom stereocenters. The van der Waals surface area contributed by atoms with Crippen molar-refractivity contribution in [2.75, 3.05) is 6.54 Å². The second kappa shape index (κ2) is 6.51. The number of hydrogen-bond donors (Lipinski definition) is 1. The molecule has 1 aromatic heterocycles. The first-order chi connectivity index (χ1) is 8.78. The molecule has 1 aromatic carbocycles. The van der Waals surface area contributed by atoms with E-state index in [9.17, 15) is 4.39 Å². The Labute approximate surface area is 109 Å². The van der Waals surface area contributed by atoms with Crippen LogP contribution in [0.4, 0.5) is 4.39 Å². The Bertz CT molecular complexity index is 486.